The largest absolute Gasteiger partial charge is 0.463 e. The highest BCUT2D eigenvalue weighted by Gasteiger charge is 2.31. The van der Waals surface area contributed by atoms with E-state index in [1.54, 1.807) is 20.8 Å². The third kappa shape index (κ3) is 5.52. The molecule has 0 aliphatic carbocycles. The standard InChI is InChI=1S/C21H27N3O8S/c1-4-31-20(26)18-14(3)22-21(27)23-17(18)12-32-19(25)16-11-15(6-5-13(16)2)33(28,29)24-7-9-30-10-8-24/h5-6,11,14H,4,7-10,12H2,1-3H3,(H2,22,23,27). The van der Waals surface area contributed by atoms with E-state index in [9.17, 15) is 22.8 Å². The molecule has 1 aromatic rings. The van der Waals surface area contributed by atoms with Crippen molar-refractivity contribution in [1.29, 1.82) is 0 Å². The minimum absolute atomic E-state index is 0.0304. The van der Waals surface area contributed by atoms with Gasteiger partial charge in [0.2, 0.25) is 10.0 Å². The number of carbonyl (C=O) groups is 3. The van der Waals surface area contributed by atoms with Crippen molar-refractivity contribution in [3.8, 4) is 0 Å². The van der Waals surface area contributed by atoms with E-state index >= 15 is 0 Å². The molecule has 2 heterocycles. The maximum Gasteiger partial charge on any atom is 0.338 e. The Morgan fingerprint density at radius 1 is 1.18 bits per heavy atom. The Morgan fingerprint density at radius 2 is 1.88 bits per heavy atom. The zero-order valence-corrected chi connectivity index (χ0v) is 19.5. The molecule has 1 fully saturated rings. The van der Waals surface area contributed by atoms with Gasteiger partial charge in [-0.2, -0.15) is 4.31 Å². The summed E-state index contributed by atoms with van der Waals surface area (Å²) in [5.41, 5.74) is 0.830. The molecule has 12 heteroatoms. The van der Waals surface area contributed by atoms with Gasteiger partial charge in [-0.15, -0.1) is 0 Å². The lowest BCUT2D eigenvalue weighted by atomic mass is 10.0. The van der Waals surface area contributed by atoms with Crippen LogP contribution in [0.2, 0.25) is 0 Å². The van der Waals surface area contributed by atoms with Crippen molar-refractivity contribution in [2.24, 2.45) is 0 Å². The van der Waals surface area contributed by atoms with Crippen LogP contribution < -0.4 is 10.6 Å². The van der Waals surface area contributed by atoms with Crippen molar-refractivity contribution in [1.82, 2.24) is 14.9 Å². The van der Waals surface area contributed by atoms with E-state index in [0.29, 0.717) is 18.8 Å². The van der Waals surface area contributed by atoms with Gasteiger partial charge in [-0.05, 0) is 38.5 Å². The average molecular weight is 482 g/mol. The molecule has 11 nitrogen and oxygen atoms in total. The maximum atomic E-state index is 12.9. The van der Waals surface area contributed by atoms with Gasteiger partial charge in [0.05, 0.1) is 47.6 Å². The number of urea groups is 1. The number of amides is 2. The SMILES string of the molecule is CCOC(=O)C1=C(COC(=O)c2cc(S(=O)(=O)N3CCOCC3)ccc2C)NC(=O)NC1C. The summed E-state index contributed by atoms with van der Waals surface area (Å²) in [5, 5.41) is 5.03. The number of carbonyl (C=O) groups excluding carboxylic acids is 3. The van der Waals surface area contributed by atoms with Crippen LogP contribution in [0.1, 0.15) is 29.8 Å². The molecule has 0 bridgehead atoms. The van der Waals surface area contributed by atoms with E-state index in [1.807, 2.05) is 0 Å². The van der Waals surface area contributed by atoms with Gasteiger partial charge in [0.15, 0.2) is 0 Å². The number of morpholine rings is 1. The molecule has 1 saturated heterocycles. The Morgan fingerprint density at radius 3 is 2.55 bits per heavy atom. The number of sulfonamides is 1. The fourth-order valence-electron chi connectivity index (χ4n) is 3.53. The summed E-state index contributed by atoms with van der Waals surface area (Å²) in [6, 6.07) is 3.05. The first-order chi connectivity index (χ1) is 15.6. The van der Waals surface area contributed by atoms with Crippen molar-refractivity contribution in [3.05, 3.63) is 40.6 Å². The smallest absolute Gasteiger partial charge is 0.338 e. The number of rotatable bonds is 7. The molecule has 33 heavy (non-hydrogen) atoms. The molecule has 1 atom stereocenters. The molecule has 0 radical (unpaired) electrons. The van der Waals surface area contributed by atoms with E-state index < -0.39 is 40.6 Å². The quantitative estimate of drug-likeness (QED) is 0.542. The molecule has 2 aliphatic heterocycles. The predicted octanol–water partition coefficient (Wildman–Crippen LogP) is 0.691. The van der Waals surface area contributed by atoms with Gasteiger partial charge in [0.25, 0.3) is 0 Å². The Hall–Kier alpha value is -2.96. The summed E-state index contributed by atoms with van der Waals surface area (Å²) in [7, 11) is -3.80. The van der Waals surface area contributed by atoms with Gasteiger partial charge >= 0.3 is 18.0 Å². The summed E-state index contributed by atoms with van der Waals surface area (Å²) in [6.07, 6.45) is 0. The lowest BCUT2D eigenvalue weighted by Gasteiger charge is -2.26. The van der Waals surface area contributed by atoms with Crippen LogP contribution in [0, 0.1) is 6.92 Å². The van der Waals surface area contributed by atoms with Crippen molar-refractivity contribution in [2.75, 3.05) is 39.5 Å². The van der Waals surface area contributed by atoms with Crippen molar-refractivity contribution in [3.63, 3.8) is 0 Å². The second kappa shape index (κ2) is 10.3. The predicted molar refractivity (Wildman–Crippen MR) is 116 cm³/mol. The number of benzene rings is 1. The zero-order chi connectivity index (χ0) is 24.2. The Bertz CT molecular complexity index is 1080. The molecule has 2 amide bonds. The molecular weight excluding hydrogens is 454 g/mol. The van der Waals surface area contributed by atoms with Crippen LogP contribution >= 0.6 is 0 Å². The molecule has 1 unspecified atom stereocenters. The monoisotopic (exact) mass is 481 g/mol. The minimum atomic E-state index is -3.80. The first-order valence-corrected chi connectivity index (χ1v) is 11.9. The summed E-state index contributed by atoms with van der Waals surface area (Å²) in [4.78, 5) is 36.9. The number of ether oxygens (including phenoxy) is 3. The van der Waals surface area contributed by atoms with Gasteiger partial charge in [-0.3, -0.25) is 0 Å². The van der Waals surface area contributed by atoms with Crippen LogP contribution in [-0.4, -0.2) is 76.3 Å². The van der Waals surface area contributed by atoms with Crippen LogP contribution in [0.5, 0.6) is 0 Å². The minimum Gasteiger partial charge on any atom is -0.463 e. The highest BCUT2D eigenvalue weighted by Crippen LogP contribution is 2.22. The van der Waals surface area contributed by atoms with Gasteiger partial charge in [-0.25, -0.2) is 22.8 Å². The van der Waals surface area contributed by atoms with Crippen molar-refractivity contribution < 1.29 is 37.0 Å². The van der Waals surface area contributed by atoms with Gasteiger partial charge in [0, 0.05) is 13.1 Å². The number of hydrogen-bond acceptors (Lipinski definition) is 8. The van der Waals surface area contributed by atoms with E-state index in [2.05, 4.69) is 10.6 Å². The van der Waals surface area contributed by atoms with E-state index in [-0.39, 0.29) is 41.4 Å². The third-order valence-electron chi connectivity index (χ3n) is 5.25. The van der Waals surface area contributed by atoms with Crippen LogP contribution in [0.15, 0.2) is 34.4 Å². The van der Waals surface area contributed by atoms with Crippen LogP contribution in [0.3, 0.4) is 0 Å². The molecule has 0 aromatic heterocycles. The number of nitrogens with one attached hydrogen (secondary N) is 2. The molecule has 2 N–H and O–H groups in total. The molecule has 3 rings (SSSR count). The molecule has 2 aliphatic rings. The second-order valence-electron chi connectivity index (χ2n) is 7.50. The van der Waals surface area contributed by atoms with Crippen molar-refractivity contribution >= 4 is 28.0 Å². The van der Waals surface area contributed by atoms with Crippen LogP contribution in [0.25, 0.3) is 0 Å². The number of esters is 2. The first-order valence-electron chi connectivity index (χ1n) is 10.5. The summed E-state index contributed by atoms with van der Waals surface area (Å²) in [5.74, 6) is -1.43. The van der Waals surface area contributed by atoms with Gasteiger partial charge in [0.1, 0.15) is 6.61 Å². The zero-order valence-electron chi connectivity index (χ0n) is 18.7. The summed E-state index contributed by atoms with van der Waals surface area (Å²) >= 11 is 0. The Balaban J connectivity index is 1.82. The van der Waals surface area contributed by atoms with E-state index in [0.717, 1.165) is 0 Å². The topological polar surface area (TPSA) is 140 Å². The number of hydrogen-bond donors (Lipinski definition) is 2. The fourth-order valence-corrected chi connectivity index (χ4v) is 4.96. The molecule has 180 valence electrons. The Labute approximate surface area is 192 Å². The molecular formula is C21H27N3O8S. The lowest BCUT2D eigenvalue weighted by molar-refractivity contribution is -0.139. The summed E-state index contributed by atoms with van der Waals surface area (Å²) < 4.78 is 42.8. The Kier molecular flexibility index (Phi) is 7.72. The molecule has 1 aromatic carbocycles. The van der Waals surface area contributed by atoms with Crippen molar-refractivity contribution in [2.45, 2.75) is 31.7 Å². The summed E-state index contributed by atoms with van der Waals surface area (Å²) in [6.45, 7) is 5.71. The van der Waals surface area contributed by atoms with Crippen LogP contribution in [0.4, 0.5) is 4.79 Å². The lowest BCUT2D eigenvalue weighted by Crippen LogP contribution is -2.50. The number of nitrogens with zero attached hydrogens (tertiary/aromatic N) is 1. The first kappa shape index (κ1) is 24.7. The van der Waals surface area contributed by atoms with E-state index in [1.165, 1.54) is 22.5 Å². The highest BCUT2D eigenvalue weighted by molar-refractivity contribution is 7.89. The fraction of sp³-hybridized carbons (Fsp3) is 0.476. The van der Waals surface area contributed by atoms with Gasteiger partial charge in [-0.1, -0.05) is 6.07 Å². The normalized spacial score (nSPS) is 19.5. The second-order valence-corrected chi connectivity index (χ2v) is 9.44. The third-order valence-corrected chi connectivity index (χ3v) is 7.14. The molecule has 0 saturated carbocycles. The number of aryl methyl sites for hydroxylation is 1. The highest BCUT2D eigenvalue weighted by atomic mass is 32.2. The van der Waals surface area contributed by atoms with Crippen LogP contribution in [-0.2, 0) is 29.0 Å². The average Bonchev–Trinajstić information content (AvgIpc) is 2.78. The van der Waals surface area contributed by atoms with E-state index in [4.69, 9.17) is 14.2 Å². The van der Waals surface area contributed by atoms with Gasteiger partial charge < -0.3 is 24.8 Å². The molecule has 0 spiro atoms. The maximum absolute atomic E-state index is 12.9.